The quantitative estimate of drug-likeness (QED) is 0.717. The second-order valence-corrected chi connectivity index (χ2v) is 6.69. The Morgan fingerprint density at radius 1 is 1.37 bits per heavy atom. The van der Waals surface area contributed by atoms with Crippen LogP contribution in [-0.2, 0) is 24.4 Å². The molecular weight excluding hydrogens is 377 g/mol. The van der Waals surface area contributed by atoms with E-state index >= 15 is 0 Å². The molecule has 0 spiro atoms. The Hall–Kier alpha value is -2.85. The van der Waals surface area contributed by atoms with Gasteiger partial charge in [0.15, 0.2) is 0 Å². The number of rotatable bonds is 4. The zero-order valence-electron chi connectivity index (χ0n) is 14.2. The molecule has 11 heteroatoms. The lowest BCUT2D eigenvalue weighted by molar-refractivity contribution is -0.145. The van der Waals surface area contributed by atoms with Crippen LogP contribution >= 0.6 is 11.6 Å². The largest absolute Gasteiger partial charge is 0.480 e. The molecule has 1 aliphatic rings. The third-order valence-corrected chi connectivity index (χ3v) is 4.80. The Bertz CT molecular complexity index is 1020. The predicted molar refractivity (Wildman–Crippen MR) is 91.8 cm³/mol. The van der Waals surface area contributed by atoms with Gasteiger partial charge in [-0.05, 0) is 25.1 Å². The molecule has 1 N–H and O–H groups in total. The van der Waals surface area contributed by atoms with Crippen molar-refractivity contribution < 1.29 is 14.3 Å². The zero-order chi connectivity index (χ0) is 19.1. The molecule has 4 rings (SSSR count). The fourth-order valence-electron chi connectivity index (χ4n) is 3.09. The maximum atomic E-state index is 13.3. The van der Waals surface area contributed by atoms with Crippen molar-refractivity contribution in [3.63, 3.8) is 0 Å². The van der Waals surface area contributed by atoms with Crippen LogP contribution in [0.25, 0.3) is 5.69 Å². The first-order valence-electron chi connectivity index (χ1n) is 8.14. The summed E-state index contributed by atoms with van der Waals surface area (Å²) in [5, 5.41) is 25.8. The Kier molecular flexibility index (Phi) is 4.36. The maximum Gasteiger partial charge on any atom is 0.322 e. The molecule has 140 valence electrons. The van der Waals surface area contributed by atoms with Gasteiger partial charge in [0, 0.05) is 6.54 Å². The van der Waals surface area contributed by atoms with Crippen molar-refractivity contribution in [2.45, 2.75) is 32.6 Å². The van der Waals surface area contributed by atoms with Gasteiger partial charge in [-0.1, -0.05) is 16.8 Å². The molecule has 3 heterocycles. The Morgan fingerprint density at radius 2 is 2.19 bits per heavy atom. The highest BCUT2D eigenvalue weighted by molar-refractivity contribution is 6.30. The van der Waals surface area contributed by atoms with Crippen LogP contribution in [0.4, 0.5) is 4.39 Å². The molecule has 3 aromatic rings. The number of aromatic nitrogens is 6. The number of hydrogen-bond acceptors (Lipinski definition) is 6. The van der Waals surface area contributed by atoms with Crippen molar-refractivity contribution in [2.24, 2.45) is 0 Å². The fraction of sp³-hybridized carbons (Fsp3) is 0.312. The van der Waals surface area contributed by atoms with E-state index in [1.165, 1.54) is 22.9 Å². The number of carboxylic acid groups (broad SMARTS) is 1. The lowest BCUT2D eigenvalue weighted by Gasteiger charge is -2.32. The van der Waals surface area contributed by atoms with Crippen molar-refractivity contribution in [1.82, 2.24) is 34.7 Å². The van der Waals surface area contributed by atoms with Crippen molar-refractivity contribution in [3.8, 4) is 5.69 Å². The van der Waals surface area contributed by atoms with E-state index in [9.17, 15) is 14.3 Å². The summed E-state index contributed by atoms with van der Waals surface area (Å²) in [6.07, 6.45) is 1.66. The van der Waals surface area contributed by atoms with Crippen LogP contribution in [-0.4, -0.2) is 51.8 Å². The third kappa shape index (κ3) is 3.28. The van der Waals surface area contributed by atoms with Gasteiger partial charge in [-0.15, -0.1) is 15.3 Å². The van der Waals surface area contributed by atoms with E-state index in [4.69, 9.17) is 11.6 Å². The second-order valence-electron chi connectivity index (χ2n) is 6.29. The summed E-state index contributed by atoms with van der Waals surface area (Å²) < 4.78 is 16.6. The molecule has 1 aliphatic heterocycles. The molecule has 1 unspecified atom stereocenters. The number of hydrogen-bond donors (Lipinski definition) is 1. The van der Waals surface area contributed by atoms with Crippen LogP contribution in [0.15, 0.2) is 24.4 Å². The minimum Gasteiger partial charge on any atom is -0.480 e. The first-order valence-corrected chi connectivity index (χ1v) is 8.52. The molecule has 0 fully saturated rings. The highest BCUT2D eigenvalue weighted by Crippen LogP contribution is 2.21. The van der Waals surface area contributed by atoms with Crippen LogP contribution in [0, 0.1) is 12.7 Å². The average molecular weight is 392 g/mol. The Balaban J connectivity index is 1.57. The first-order chi connectivity index (χ1) is 12.9. The molecule has 1 atom stereocenters. The van der Waals surface area contributed by atoms with Gasteiger partial charge in [-0.2, -0.15) is 0 Å². The minimum atomic E-state index is -0.925. The van der Waals surface area contributed by atoms with Crippen molar-refractivity contribution in [1.29, 1.82) is 0 Å². The summed E-state index contributed by atoms with van der Waals surface area (Å²) in [4.78, 5) is 13.5. The maximum absolute atomic E-state index is 13.3. The highest BCUT2D eigenvalue weighted by atomic mass is 35.5. The normalized spacial score (nSPS) is 17.1. The molecular formula is C16H15ClFN7O2. The number of halogens is 2. The van der Waals surface area contributed by atoms with Crippen LogP contribution in [0.3, 0.4) is 0 Å². The van der Waals surface area contributed by atoms with Gasteiger partial charge in [-0.3, -0.25) is 9.69 Å². The second kappa shape index (κ2) is 6.71. The summed E-state index contributed by atoms with van der Waals surface area (Å²) in [6.45, 7) is 2.68. The van der Waals surface area contributed by atoms with Gasteiger partial charge in [-0.25, -0.2) is 9.07 Å². The standard InChI is InChI=1S/C16H15ClFN7O2/c1-9-19-21-15-8-23(14(16(26)27)7-24(9)15)5-10-6-25(22-20-10)11-2-3-13(18)12(17)4-11/h2-4,6,14H,5,7-8H2,1H3,(H,26,27). The van der Waals surface area contributed by atoms with Crippen LogP contribution in [0.1, 0.15) is 17.3 Å². The van der Waals surface area contributed by atoms with E-state index in [1.54, 1.807) is 18.0 Å². The van der Waals surface area contributed by atoms with Crippen LogP contribution in [0.5, 0.6) is 0 Å². The van der Waals surface area contributed by atoms with E-state index in [-0.39, 0.29) is 18.1 Å². The Labute approximate surface area is 158 Å². The van der Waals surface area contributed by atoms with E-state index in [0.717, 1.165) is 0 Å². The summed E-state index contributed by atoms with van der Waals surface area (Å²) in [7, 11) is 0. The molecule has 0 bridgehead atoms. The van der Waals surface area contributed by atoms with E-state index < -0.39 is 17.8 Å². The van der Waals surface area contributed by atoms with Gasteiger partial charge in [0.2, 0.25) is 0 Å². The average Bonchev–Trinajstić information content (AvgIpc) is 3.24. The van der Waals surface area contributed by atoms with E-state index in [0.29, 0.717) is 29.6 Å². The first kappa shape index (κ1) is 17.6. The number of aryl methyl sites for hydroxylation is 1. The fourth-order valence-corrected chi connectivity index (χ4v) is 3.27. The zero-order valence-corrected chi connectivity index (χ0v) is 15.0. The molecule has 0 aliphatic carbocycles. The van der Waals surface area contributed by atoms with Crippen LogP contribution in [0.2, 0.25) is 5.02 Å². The molecule has 0 radical (unpaired) electrons. The van der Waals surface area contributed by atoms with Gasteiger partial charge in [0.1, 0.15) is 23.5 Å². The summed E-state index contributed by atoms with van der Waals surface area (Å²) in [6, 6.07) is 3.50. The topological polar surface area (TPSA) is 102 Å². The van der Waals surface area contributed by atoms with Crippen molar-refractivity contribution in [2.75, 3.05) is 0 Å². The molecule has 9 nitrogen and oxygen atoms in total. The van der Waals surface area contributed by atoms with Gasteiger partial charge < -0.3 is 9.67 Å². The van der Waals surface area contributed by atoms with Gasteiger partial charge in [0.05, 0.1) is 35.7 Å². The van der Waals surface area contributed by atoms with Crippen LogP contribution < -0.4 is 0 Å². The number of nitrogens with zero attached hydrogens (tertiary/aromatic N) is 7. The summed E-state index contributed by atoms with van der Waals surface area (Å²) in [5.74, 6) is -0.0398. The molecule has 0 saturated carbocycles. The Morgan fingerprint density at radius 3 is 2.93 bits per heavy atom. The van der Waals surface area contributed by atoms with Crippen molar-refractivity contribution >= 4 is 17.6 Å². The number of benzene rings is 1. The number of aliphatic carboxylic acids is 1. The van der Waals surface area contributed by atoms with Crippen molar-refractivity contribution in [3.05, 3.63) is 52.6 Å². The summed E-state index contributed by atoms with van der Waals surface area (Å²) in [5.41, 5.74) is 1.13. The van der Waals surface area contributed by atoms with Gasteiger partial charge >= 0.3 is 5.97 Å². The number of fused-ring (bicyclic) bond motifs is 1. The third-order valence-electron chi connectivity index (χ3n) is 4.51. The van der Waals surface area contributed by atoms with E-state index in [2.05, 4.69) is 20.5 Å². The minimum absolute atomic E-state index is 0.0128. The lowest BCUT2D eigenvalue weighted by atomic mass is 10.1. The number of carbonyl (C=O) groups is 1. The van der Waals surface area contributed by atoms with Gasteiger partial charge in [0.25, 0.3) is 0 Å². The molecule has 1 aromatic carbocycles. The van der Waals surface area contributed by atoms with E-state index in [1.807, 2.05) is 4.57 Å². The lowest BCUT2D eigenvalue weighted by Crippen LogP contribution is -2.47. The molecule has 0 amide bonds. The molecule has 0 saturated heterocycles. The monoisotopic (exact) mass is 391 g/mol. The highest BCUT2D eigenvalue weighted by Gasteiger charge is 2.33. The predicted octanol–water partition coefficient (Wildman–Crippen LogP) is 1.43. The number of carboxylic acids is 1. The smallest absolute Gasteiger partial charge is 0.322 e. The summed E-state index contributed by atoms with van der Waals surface area (Å²) >= 11 is 5.80. The SMILES string of the molecule is Cc1nnc2n1CC(C(=O)O)N(Cc1cn(-c3ccc(F)c(Cl)c3)nn1)C2. The molecule has 2 aromatic heterocycles. The molecule has 27 heavy (non-hydrogen) atoms.